The third kappa shape index (κ3) is 2.73. The van der Waals surface area contributed by atoms with E-state index in [1.807, 2.05) is 0 Å². The van der Waals surface area contributed by atoms with Crippen molar-refractivity contribution in [2.45, 2.75) is 31.7 Å². The van der Waals surface area contributed by atoms with Crippen LogP contribution in [0.1, 0.15) is 25.7 Å². The first-order chi connectivity index (χ1) is 5.88. The Balaban J connectivity index is 2.39. The van der Waals surface area contributed by atoms with Gasteiger partial charge in [-0.1, -0.05) is 12.8 Å². The molecule has 1 saturated heterocycles. The number of likely N-dealkylation sites (tertiary alicyclic amines) is 1. The van der Waals surface area contributed by atoms with Gasteiger partial charge in [0, 0.05) is 12.6 Å². The van der Waals surface area contributed by atoms with Gasteiger partial charge in [0.2, 0.25) is 0 Å². The van der Waals surface area contributed by atoms with E-state index in [2.05, 4.69) is 4.90 Å². The van der Waals surface area contributed by atoms with Gasteiger partial charge >= 0.3 is 0 Å². The molecule has 0 radical (unpaired) electrons. The standard InChI is InChI=1S/C9H19NO2/c11-7-6-10-5-3-1-2-4-9(10)8-12/h9,11-12H,1-8H2. The Morgan fingerprint density at radius 2 is 2.00 bits per heavy atom. The van der Waals surface area contributed by atoms with Gasteiger partial charge in [-0.2, -0.15) is 0 Å². The Bertz CT molecular complexity index is 119. The van der Waals surface area contributed by atoms with Crippen LogP contribution in [0.25, 0.3) is 0 Å². The topological polar surface area (TPSA) is 43.7 Å². The van der Waals surface area contributed by atoms with Crippen molar-refractivity contribution < 1.29 is 10.2 Å². The van der Waals surface area contributed by atoms with Gasteiger partial charge in [-0.15, -0.1) is 0 Å². The van der Waals surface area contributed by atoms with Gasteiger partial charge in [0.05, 0.1) is 13.2 Å². The molecule has 12 heavy (non-hydrogen) atoms. The molecule has 0 saturated carbocycles. The molecule has 0 aromatic rings. The lowest BCUT2D eigenvalue weighted by molar-refractivity contribution is 0.104. The van der Waals surface area contributed by atoms with E-state index in [0.717, 1.165) is 13.0 Å². The average Bonchev–Trinajstić information content (AvgIpc) is 2.30. The highest BCUT2D eigenvalue weighted by Gasteiger charge is 2.18. The zero-order valence-corrected chi connectivity index (χ0v) is 7.58. The van der Waals surface area contributed by atoms with Gasteiger partial charge < -0.3 is 10.2 Å². The molecular weight excluding hydrogens is 154 g/mol. The van der Waals surface area contributed by atoms with Crippen LogP contribution in [0.15, 0.2) is 0 Å². The van der Waals surface area contributed by atoms with E-state index in [1.165, 1.54) is 19.3 Å². The number of aliphatic hydroxyl groups is 2. The first kappa shape index (κ1) is 9.96. The monoisotopic (exact) mass is 173 g/mol. The second-order valence-electron chi connectivity index (χ2n) is 3.45. The summed E-state index contributed by atoms with van der Waals surface area (Å²) in [4.78, 5) is 2.20. The Labute approximate surface area is 74.0 Å². The first-order valence-corrected chi connectivity index (χ1v) is 4.84. The van der Waals surface area contributed by atoms with Crippen LogP contribution in [0.3, 0.4) is 0 Å². The fourth-order valence-corrected chi connectivity index (χ4v) is 1.87. The van der Waals surface area contributed by atoms with Crippen LogP contribution in [-0.4, -0.2) is 47.5 Å². The molecule has 1 aliphatic heterocycles. The van der Waals surface area contributed by atoms with Crippen molar-refractivity contribution >= 4 is 0 Å². The minimum atomic E-state index is 0.205. The zero-order valence-electron chi connectivity index (χ0n) is 7.58. The van der Waals surface area contributed by atoms with Crippen LogP contribution in [0, 0.1) is 0 Å². The van der Waals surface area contributed by atoms with E-state index in [1.54, 1.807) is 0 Å². The number of β-amino-alcohol motifs (C(OH)–C–C–N with tert-alkyl or cyclic N) is 1. The molecule has 3 nitrogen and oxygen atoms in total. The van der Waals surface area contributed by atoms with Crippen molar-refractivity contribution in [3.8, 4) is 0 Å². The van der Waals surface area contributed by atoms with Crippen molar-refractivity contribution in [2.24, 2.45) is 0 Å². The molecule has 2 N–H and O–H groups in total. The second-order valence-corrected chi connectivity index (χ2v) is 3.45. The minimum Gasteiger partial charge on any atom is -0.395 e. The Morgan fingerprint density at radius 3 is 2.67 bits per heavy atom. The molecule has 0 spiro atoms. The quantitative estimate of drug-likeness (QED) is 0.641. The SMILES string of the molecule is OCCN1CCCCCC1CO. The largest absolute Gasteiger partial charge is 0.395 e. The maximum absolute atomic E-state index is 9.09. The molecule has 0 amide bonds. The highest BCUT2D eigenvalue weighted by molar-refractivity contribution is 4.74. The summed E-state index contributed by atoms with van der Waals surface area (Å²) in [6, 6.07) is 0.291. The van der Waals surface area contributed by atoms with Gasteiger partial charge in [0.1, 0.15) is 0 Å². The van der Waals surface area contributed by atoms with E-state index < -0.39 is 0 Å². The lowest BCUT2D eigenvalue weighted by Crippen LogP contribution is -2.39. The first-order valence-electron chi connectivity index (χ1n) is 4.84. The molecule has 1 fully saturated rings. The summed E-state index contributed by atoms with van der Waals surface area (Å²) < 4.78 is 0. The third-order valence-corrected chi connectivity index (χ3v) is 2.60. The van der Waals surface area contributed by atoms with Gasteiger partial charge in [0.15, 0.2) is 0 Å². The van der Waals surface area contributed by atoms with Gasteiger partial charge in [0.25, 0.3) is 0 Å². The maximum atomic E-state index is 9.09. The average molecular weight is 173 g/mol. The molecule has 0 bridgehead atoms. The van der Waals surface area contributed by atoms with Gasteiger partial charge in [-0.3, -0.25) is 4.90 Å². The summed E-state index contributed by atoms with van der Waals surface area (Å²) in [7, 11) is 0. The highest BCUT2D eigenvalue weighted by Crippen LogP contribution is 2.15. The van der Waals surface area contributed by atoms with Crippen LogP contribution < -0.4 is 0 Å². The van der Waals surface area contributed by atoms with Crippen molar-refractivity contribution in [1.82, 2.24) is 4.90 Å². The smallest absolute Gasteiger partial charge is 0.0586 e. The van der Waals surface area contributed by atoms with Crippen LogP contribution in [-0.2, 0) is 0 Å². The van der Waals surface area contributed by atoms with Gasteiger partial charge in [-0.25, -0.2) is 0 Å². The van der Waals surface area contributed by atoms with Crippen LogP contribution in [0.5, 0.6) is 0 Å². The molecule has 1 aliphatic rings. The molecule has 72 valence electrons. The molecule has 1 atom stereocenters. The second kappa shape index (κ2) is 5.51. The summed E-state index contributed by atoms with van der Waals surface area (Å²) >= 11 is 0. The summed E-state index contributed by atoms with van der Waals surface area (Å²) in [5, 5.41) is 17.9. The van der Waals surface area contributed by atoms with E-state index >= 15 is 0 Å². The molecule has 1 rings (SSSR count). The summed E-state index contributed by atoms with van der Waals surface area (Å²) in [5.74, 6) is 0. The predicted molar refractivity (Wildman–Crippen MR) is 48.0 cm³/mol. The molecule has 0 aromatic heterocycles. The summed E-state index contributed by atoms with van der Waals surface area (Å²) in [5.41, 5.74) is 0. The van der Waals surface area contributed by atoms with Crippen LogP contribution >= 0.6 is 0 Å². The summed E-state index contributed by atoms with van der Waals surface area (Å²) in [6.45, 7) is 2.19. The van der Waals surface area contributed by atoms with Crippen LogP contribution in [0.2, 0.25) is 0 Å². The van der Waals surface area contributed by atoms with E-state index in [-0.39, 0.29) is 13.2 Å². The minimum absolute atomic E-state index is 0.205. The van der Waals surface area contributed by atoms with Crippen LogP contribution in [0.4, 0.5) is 0 Å². The lowest BCUT2D eigenvalue weighted by Gasteiger charge is -2.27. The van der Waals surface area contributed by atoms with E-state index in [4.69, 9.17) is 10.2 Å². The zero-order chi connectivity index (χ0) is 8.81. The van der Waals surface area contributed by atoms with Crippen molar-refractivity contribution in [3.05, 3.63) is 0 Å². The third-order valence-electron chi connectivity index (χ3n) is 2.60. The number of hydrogen-bond acceptors (Lipinski definition) is 3. The van der Waals surface area contributed by atoms with Gasteiger partial charge in [-0.05, 0) is 19.4 Å². The maximum Gasteiger partial charge on any atom is 0.0586 e. The number of rotatable bonds is 3. The van der Waals surface area contributed by atoms with E-state index in [9.17, 15) is 0 Å². The number of nitrogens with zero attached hydrogens (tertiary/aromatic N) is 1. The van der Waals surface area contributed by atoms with Crippen molar-refractivity contribution in [2.75, 3.05) is 26.3 Å². The predicted octanol–water partition coefficient (Wildman–Crippen LogP) is 0.216. The summed E-state index contributed by atoms with van der Waals surface area (Å²) in [6.07, 6.45) is 4.76. The Hall–Kier alpha value is -0.120. The van der Waals surface area contributed by atoms with E-state index in [0.29, 0.717) is 12.6 Å². The Kier molecular flexibility index (Phi) is 4.58. The number of aliphatic hydroxyl groups excluding tert-OH is 2. The fourth-order valence-electron chi connectivity index (χ4n) is 1.87. The fraction of sp³-hybridized carbons (Fsp3) is 1.00. The molecule has 1 unspecified atom stereocenters. The lowest BCUT2D eigenvalue weighted by atomic mass is 10.1. The molecule has 3 heteroatoms. The highest BCUT2D eigenvalue weighted by atomic mass is 16.3. The molecule has 1 heterocycles. The van der Waals surface area contributed by atoms with Crippen molar-refractivity contribution in [1.29, 1.82) is 0 Å². The number of hydrogen-bond donors (Lipinski definition) is 2. The molecule has 0 aromatic carbocycles. The molecule has 0 aliphatic carbocycles. The normalized spacial score (nSPS) is 27.0. The Morgan fingerprint density at radius 1 is 1.17 bits per heavy atom. The molecular formula is C9H19NO2. The van der Waals surface area contributed by atoms with Crippen molar-refractivity contribution in [3.63, 3.8) is 0 Å².